The first kappa shape index (κ1) is 18.0. The fourth-order valence-corrected chi connectivity index (χ4v) is 5.66. The van der Waals surface area contributed by atoms with E-state index in [1.807, 2.05) is 50.2 Å². The molecule has 2 aromatic heterocycles. The average molecular weight is 398 g/mol. The molecule has 0 N–H and O–H groups in total. The number of hydrogen-bond donors (Lipinski definition) is 0. The van der Waals surface area contributed by atoms with Gasteiger partial charge in [-0.05, 0) is 43.7 Å². The van der Waals surface area contributed by atoms with E-state index in [1.54, 1.807) is 25.4 Å². The SMILES string of the molecule is Cc1cnc2c(S(=O)(=O)N(C)[C@@H](C)c3nc4ccccc4s3)cccc2c1. The van der Waals surface area contributed by atoms with Crippen LogP contribution in [0.15, 0.2) is 59.6 Å². The summed E-state index contributed by atoms with van der Waals surface area (Å²) in [6.45, 7) is 3.80. The van der Waals surface area contributed by atoms with Crippen LogP contribution in [0.2, 0.25) is 0 Å². The monoisotopic (exact) mass is 397 g/mol. The molecular formula is C20H19N3O2S2. The molecule has 4 aromatic rings. The molecule has 27 heavy (non-hydrogen) atoms. The quantitative estimate of drug-likeness (QED) is 0.507. The van der Waals surface area contributed by atoms with Gasteiger partial charge in [-0.15, -0.1) is 11.3 Å². The molecule has 0 spiro atoms. The molecule has 0 unspecified atom stereocenters. The predicted octanol–water partition coefficient (Wildman–Crippen LogP) is 4.53. The van der Waals surface area contributed by atoms with Crippen LogP contribution in [-0.4, -0.2) is 29.7 Å². The smallest absolute Gasteiger partial charge is 0.245 e. The van der Waals surface area contributed by atoms with Crippen molar-refractivity contribution in [3.05, 3.63) is 65.3 Å². The Bertz CT molecular complexity index is 1220. The number of thiazole rings is 1. The van der Waals surface area contributed by atoms with E-state index in [0.717, 1.165) is 26.2 Å². The Labute approximate surface area is 162 Å². The van der Waals surface area contributed by atoms with Gasteiger partial charge in [0.15, 0.2) is 0 Å². The van der Waals surface area contributed by atoms with Crippen LogP contribution in [0.1, 0.15) is 23.5 Å². The lowest BCUT2D eigenvalue weighted by molar-refractivity contribution is 0.398. The maximum atomic E-state index is 13.3. The van der Waals surface area contributed by atoms with E-state index in [9.17, 15) is 8.42 Å². The molecule has 4 rings (SSSR count). The number of para-hydroxylation sites is 2. The van der Waals surface area contributed by atoms with E-state index in [4.69, 9.17) is 0 Å². The number of benzene rings is 2. The van der Waals surface area contributed by atoms with Crippen molar-refractivity contribution in [3.8, 4) is 0 Å². The summed E-state index contributed by atoms with van der Waals surface area (Å²) in [6, 6.07) is 14.6. The largest absolute Gasteiger partial charge is 0.255 e. The van der Waals surface area contributed by atoms with E-state index in [2.05, 4.69) is 9.97 Å². The van der Waals surface area contributed by atoms with E-state index in [1.165, 1.54) is 15.6 Å². The second-order valence-corrected chi connectivity index (χ2v) is 9.59. The van der Waals surface area contributed by atoms with E-state index < -0.39 is 10.0 Å². The number of hydrogen-bond acceptors (Lipinski definition) is 5. The van der Waals surface area contributed by atoms with Crippen LogP contribution >= 0.6 is 11.3 Å². The first-order valence-corrected chi connectivity index (χ1v) is 10.8. The molecule has 0 amide bonds. The van der Waals surface area contributed by atoms with Crippen LogP contribution in [0.25, 0.3) is 21.1 Å². The summed E-state index contributed by atoms with van der Waals surface area (Å²) in [5.41, 5.74) is 2.37. The van der Waals surface area contributed by atoms with Crippen molar-refractivity contribution < 1.29 is 8.42 Å². The lowest BCUT2D eigenvalue weighted by Crippen LogP contribution is -2.30. The van der Waals surface area contributed by atoms with Gasteiger partial charge in [-0.1, -0.05) is 24.3 Å². The summed E-state index contributed by atoms with van der Waals surface area (Å²) in [4.78, 5) is 9.21. The third kappa shape index (κ3) is 3.12. The zero-order valence-electron chi connectivity index (χ0n) is 15.2. The fraction of sp³-hybridized carbons (Fsp3) is 0.200. The molecule has 138 valence electrons. The number of sulfonamides is 1. The molecule has 2 heterocycles. The molecule has 0 radical (unpaired) electrons. The van der Waals surface area contributed by atoms with Crippen molar-refractivity contribution in [1.82, 2.24) is 14.3 Å². The van der Waals surface area contributed by atoms with Gasteiger partial charge in [-0.25, -0.2) is 13.4 Å². The summed E-state index contributed by atoms with van der Waals surface area (Å²) < 4.78 is 29.1. The van der Waals surface area contributed by atoms with Crippen molar-refractivity contribution >= 4 is 42.5 Å². The maximum Gasteiger partial charge on any atom is 0.245 e. The van der Waals surface area contributed by atoms with Gasteiger partial charge in [0.05, 0.1) is 21.8 Å². The zero-order chi connectivity index (χ0) is 19.2. The first-order chi connectivity index (χ1) is 12.9. The van der Waals surface area contributed by atoms with Gasteiger partial charge in [0, 0.05) is 18.6 Å². The van der Waals surface area contributed by atoms with Gasteiger partial charge in [-0.2, -0.15) is 4.31 Å². The van der Waals surface area contributed by atoms with Crippen molar-refractivity contribution in [1.29, 1.82) is 0 Å². The summed E-state index contributed by atoms with van der Waals surface area (Å²) in [5, 5.41) is 1.59. The Kier molecular flexibility index (Phi) is 4.46. The van der Waals surface area contributed by atoms with Crippen LogP contribution in [0, 0.1) is 6.92 Å². The molecule has 0 saturated carbocycles. The minimum absolute atomic E-state index is 0.218. The van der Waals surface area contributed by atoms with Gasteiger partial charge in [0.1, 0.15) is 9.90 Å². The minimum Gasteiger partial charge on any atom is -0.255 e. The molecule has 0 aliphatic heterocycles. The van der Waals surface area contributed by atoms with Gasteiger partial charge in [-0.3, -0.25) is 4.98 Å². The normalized spacial score (nSPS) is 13.5. The van der Waals surface area contributed by atoms with E-state index in [-0.39, 0.29) is 10.9 Å². The number of pyridine rings is 1. The van der Waals surface area contributed by atoms with Crippen molar-refractivity contribution in [2.45, 2.75) is 24.8 Å². The molecule has 7 heteroatoms. The Balaban J connectivity index is 1.77. The highest BCUT2D eigenvalue weighted by atomic mass is 32.2. The summed E-state index contributed by atoms with van der Waals surface area (Å²) in [6.07, 6.45) is 1.69. The summed E-state index contributed by atoms with van der Waals surface area (Å²) >= 11 is 1.52. The minimum atomic E-state index is -3.73. The third-order valence-corrected chi connectivity index (χ3v) is 7.85. The molecule has 5 nitrogen and oxygen atoms in total. The van der Waals surface area contributed by atoms with E-state index >= 15 is 0 Å². The summed E-state index contributed by atoms with van der Waals surface area (Å²) in [5.74, 6) is 0. The van der Waals surface area contributed by atoms with Gasteiger partial charge in [0.2, 0.25) is 10.0 Å². The van der Waals surface area contributed by atoms with Crippen molar-refractivity contribution in [2.24, 2.45) is 0 Å². The topological polar surface area (TPSA) is 63.2 Å². The Morgan fingerprint density at radius 1 is 1.11 bits per heavy atom. The molecule has 0 aliphatic carbocycles. The van der Waals surface area contributed by atoms with Crippen LogP contribution in [0.4, 0.5) is 0 Å². The van der Waals surface area contributed by atoms with Gasteiger partial charge < -0.3 is 0 Å². The average Bonchev–Trinajstić information content (AvgIpc) is 3.10. The highest BCUT2D eigenvalue weighted by Gasteiger charge is 2.30. The molecule has 0 fully saturated rings. The highest BCUT2D eigenvalue weighted by Crippen LogP contribution is 2.33. The second kappa shape index (κ2) is 6.67. The molecule has 2 aromatic carbocycles. The molecular weight excluding hydrogens is 378 g/mol. The zero-order valence-corrected chi connectivity index (χ0v) is 16.9. The molecule has 0 aliphatic rings. The third-order valence-electron chi connectivity index (χ3n) is 4.68. The molecule has 1 atom stereocenters. The number of rotatable bonds is 4. The number of aryl methyl sites for hydroxylation is 1. The van der Waals surface area contributed by atoms with E-state index in [0.29, 0.717) is 5.52 Å². The van der Waals surface area contributed by atoms with Crippen LogP contribution in [0.5, 0.6) is 0 Å². The lowest BCUT2D eigenvalue weighted by Gasteiger charge is -2.23. The molecule has 0 bridgehead atoms. The van der Waals surface area contributed by atoms with Gasteiger partial charge >= 0.3 is 0 Å². The number of aromatic nitrogens is 2. The molecule has 0 saturated heterocycles. The maximum absolute atomic E-state index is 13.3. The standard InChI is InChI=1S/C20H19N3O2S2/c1-13-11-15-7-6-10-18(19(15)21-12-13)27(24,25)23(3)14(2)20-22-16-8-4-5-9-17(16)26-20/h4-12,14H,1-3H3/t14-/m0/s1. The van der Waals surface area contributed by atoms with Crippen molar-refractivity contribution in [3.63, 3.8) is 0 Å². The van der Waals surface area contributed by atoms with Gasteiger partial charge in [0.25, 0.3) is 0 Å². The number of fused-ring (bicyclic) bond motifs is 2. The fourth-order valence-electron chi connectivity index (χ4n) is 3.04. The lowest BCUT2D eigenvalue weighted by atomic mass is 10.2. The first-order valence-electron chi connectivity index (χ1n) is 8.57. The summed E-state index contributed by atoms with van der Waals surface area (Å²) in [7, 11) is -2.13. The van der Waals surface area contributed by atoms with Crippen LogP contribution < -0.4 is 0 Å². The van der Waals surface area contributed by atoms with Crippen molar-refractivity contribution in [2.75, 3.05) is 7.05 Å². The predicted molar refractivity (Wildman–Crippen MR) is 109 cm³/mol. The van der Waals surface area contributed by atoms with Crippen LogP contribution in [-0.2, 0) is 10.0 Å². The highest BCUT2D eigenvalue weighted by molar-refractivity contribution is 7.89. The van der Waals surface area contributed by atoms with Crippen LogP contribution in [0.3, 0.4) is 0 Å². The second-order valence-electron chi connectivity index (χ2n) is 6.56. The Morgan fingerprint density at radius 3 is 2.67 bits per heavy atom. The number of nitrogens with zero attached hydrogens (tertiary/aromatic N) is 3. The Morgan fingerprint density at radius 2 is 1.89 bits per heavy atom. The Hall–Kier alpha value is -2.35.